The Labute approximate surface area is 92.6 Å². The number of hydrogen-bond acceptors (Lipinski definition) is 2. The Bertz CT molecular complexity index is 281. The Hall–Kier alpha value is -0.860. The van der Waals surface area contributed by atoms with Gasteiger partial charge in [0.15, 0.2) is 0 Å². The second-order valence-electron chi connectivity index (χ2n) is 4.03. The Morgan fingerprint density at radius 2 is 1.87 bits per heavy atom. The highest BCUT2D eigenvalue weighted by Crippen LogP contribution is 2.09. The smallest absolute Gasteiger partial charge is 0.0699 e. The van der Waals surface area contributed by atoms with Crippen molar-refractivity contribution >= 4 is 0 Å². The predicted molar refractivity (Wildman–Crippen MR) is 64.2 cm³/mol. The van der Waals surface area contributed by atoms with E-state index in [1.165, 1.54) is 11.1 Å². The average molecular weight is 207 g/mol. The van der Waals surface area contributed by atoms with E-state index in [2.05, 4.69) is 43.4 Å². The van der Waals surface area contributed by atoms with Gasteiger partial charge in [-0.3, -0.25) is 0 Å². The number of likely N-dealkylation sites (N-methyl/N-ethyl adjacent to an activating group) is 1. The molecule has 2 atom stereocenters. The van der Waals surface area contributed by atoms with Gasteiger partial charge in [0, 0.05) is 13.2 Å². The van der Waals surface area contributed by atoms with Crippen LogP contribution in [0.1, 0.15) is 18.1 Å². The first-order valence-corrected chi connectivity index (χ1v) is 5.43. The van der Waals surface area contributed by atoms with Gasteiger partial charge in [0.25, 0.3) is 0 Å². The average Bonchev–Trinajstić information content (AvgIpc) is 2.27. The van der Waals surface area contributed by atoms with E-state index in [-0.39, 0.29) is 6.10 Å². The second-order valence-corrected chi connectivity index (χ2v) is 4.03. The summed E-state index contributed by atoms with van der Waals surface area (Å²) in [5.74, 6) is 0. The van der Waals surface area contributed by atoms with Crippen molar-refractivity contribution in [2.45, 2.75) is 32.4 Å². The first-order chi connectivity index (χ1) is 7.17. The normalized spacial score (nSPS) is 14.9. The van der Waals surface area contributed by atoms with Gasteiger partial charge in [0.05, 0.1) is 6.10 Å². The molecule has 0 amide bonds. The minimum Gasteiger partial charge on any atom is -0.380 e. The van der Waals surface area contributed by atoms with Gasteiger partial charge in [-0.2, -0.15) is 0 Å². The van der Waals surface area contributed by atoms with Gasteiger partial charge in [-0.25, -0.2) is 0 Å². The van der Waals surface area contributed by atoms with Crippen LogP contribution in [0, 0.1) is 6.92 Å². The summed E-state index contributed by atoms with van der Waals surface area (Å²) < 4.78 is 5.34. The third-order valence-electron chi connectivity index (χ3n) is 2.89. The van der Waals surface area contributed by atoms with Crippen LogP contribution < -0.4 is 5.32 Å². The minimum absolute atomic E-state index is 0.233. The lowest BCUT2D eigenvalue weighted by Crippen LogP contribution is -2.38. The van der Waals surface area contributed by atoms with Crippen molar-refractivity contribution in [3.8, 4) is 0 Å². The van der Waals surface area contributed by atoms with Crippen LogP contribution in [0.2, 0.25) is 0 Å². The third kappa shape index (κ3) is 3.65. The fraction of sp³-hybridized carbons (Fsp3) is 0.538. The van der Waals surface area contributed by atoms with Crippen molar-refractivity contribution in [1.82, 2.24) is 5.32 Å². The molecule has 1 aromatic rings. The summed E-state index contributed by atoms with van der Waals surface area (Å²) in [6.45, 7) is 4.20. The lowest BCUT2D eigenvalue weighted by molar-refractivity contribution is 0.0857. The monoisotopic (exact) mass is 207 g/mol. The highest BCUT2D eigenvalue weighted by atomic mass is 16.5. The molecule has 1 rings (SSSR count). The van der Waals surface area contributed by atoms with E-state index in [1.54, 1.807) is 7.11 Å². The molecular weight excluding hydrogens is 186 g/mol. The van der Waals surface area contributed by atoms with Crippen LogP contribution in [0.25, 0.3) is 0 Å². The van der Waals surface area contributed by atoms with Crippen molar-refractivity contribution in [1.29, 1.82) is 0 Å². The summed E-state index contributed by atoms with van der Waals surface area (Å²) in [6.07, 6.45) is 1.24. The van der Waals surface area contributed by atoms with Crippen molar-refractivity contribution < 1.29 is 4.74 Å². The SMILES string of the molecule is CNC(Cc1ccc(C)cc1)C(C)OC. The summed E-state index contributed by atoms with van der Waals surface area (Å²) in [7, 11) is 3.73. The molecule has 1 aromatic carbocycles. The number of benzene rings is 1. The molecule has 1 N–H and O–H groups in total. The summed E-state index contributed by atoms with van der Waals surface area (Å²) >= 11 is 0. The first kappa shape index (κ1) is 12.2. The van der Waals surface area contributed by atoms with E-state index in [1.807, 2.05) is 7.05 Å². The molecule has 0 heterocycles. The fourth-order valence-corrected chi connectivity index (χ4v) is 1.65. The molecule has 0 bridgehead atoms. The van der Waals surface area contributed by atoms with Crippen LogP contribution in [-0.4, -0.2) is 26.3 Å². The van der Waals surface area contributed by atoms with Crippen LogP contribution in [0.3, 0.4) is 0 Å². The molecule has 0 fully saturated rings. The first-order valence-electron chi connectivity index (χ1n) is 5.43. The highest BCUT2D eigenvalue weighted by molar-refractivity contribution is 5.22. The van der Waals surface area contributed by atoms with Crippen molar-refractivity contribution in [3.63, 3.8) is 0 Å². The number of nitrogens with one attached hydrogen (secondary N) is 1. The van der Waals surface area contributed by atoms with Crippen molar-refractivity contribution in [2.24, 2.45) is 0 Å². The maximum Gasteiger partial charge on any atom is 0.0699 e. The van der Waals surface area contributed by atoms with E-state index < -0.39 is 0 Å². The molecule has 0 aliphatic rings. The second kappa shape index (κ2) is 5.89. The van der Waals surface area contributed by atoms with E-state index in [0.717, 1.165) is 6.42 Å². The van der Waals surface area contributed by atoms with Gasteiger partial charge in [-0.15, -0.1) is 0 Å². The van der Waals surface area contributed by atoms with Crippen LogP contribution in [-0.2, 0) is 11.2 Å². The number of aryl methyl sites for hydroxylation is 1. The summed E-state index contributed by atoms with van der Waals surface area (Å²) in [5.41, 5.74) is 2.66. The third-order valence-corrected chi connectivity index (χ3v) is 2.89. The molecule has 2 nitrogen and oxygen atoms in total. The number of rotatable bonds is 5. The highest BCUT2D eigenvalue weighted by Gasteiger charge is 2.14. The molecule has 0 radical (unpaired) electrons. The van der Waals surface area contributed by atoms with Gasteiger partial charge in [0.2, 0.25) is 0 Å². The van der Waals surface area contributed by atoms with Gasteiger partial charge in [-0.05, 0) is 32.9 Å². The minimum atomic E-state index is 0.233. The van der Waals surface area contributed by atoms with Gasteiger partial charge in [-0.1, -0.05) is 29.8 Å². The maximum absolute atomic E-state index is 5.34. The zero-order valence-corrected chi connectivity index (χ0v) is 10.1. The molecule has 0 saturated carbocycles. The molecule has 0 aromatic heterocycles. The van der Waals surface area contributed by atoms with Crippen molar-refractivity contribution in [2.75, 3.05) is 14.2 Å². The van der Waals surface area contributed by atoms with Gasteiger partial charge >= 0.3 is 0 Å². The molecule has 0 aliphatic heterocycles. The zero-order valence-electron chi connectivity index (χ0n) is 10.1. The van der Waals surface area contributed by atoms with Crippen LogP contribution in [0.4, 0.5) is 0 Å². The summed E-state index contributed by atoms with van der Waals surface area (Å²) in [4.78, 5) is 0. The molecular formula is C13H21NO. The fourth-order valence-electron chi connectivity index (χ4n) is 1.65. The quantitative estimate of drug-likeness (QED) is 0.799. The topological polar surface area (TPSA) is 21.3 Å². The molecule has 2 heteroatoms. The molecule has 2 unspecified atom stereocenters. The van der Waals surface area contributed by atoms with E-state index in [0.29, 0.717) is 6.04 Å². The molecule has 0 saturated heterocycles. The van der Waals surface area contributed by atoms with Crippen molar-refractivity contribution in [3.05, 3.63) is 35.4 Å². The standard InChI is InChI=1S/C13H21NO/c1-10-5-7-12(8-6-10)9-13(14-3)11(2)15-4/h5-8,11,13-14H,9H2,1-4H3. The summed E-state index contributed by atoms with van der Waals surface area (Å²) in [5, 5.41) is 3.29. The number of ether oxygens (including phenoxy) is 1. The van der Waals surface area contributed by atoms with Gasteiger partial charge in [0.1, 0.15) is 0 Å². The maximum atomic E-state index is 5.34. The zero-order chi connectivity index (χ0) is 11.3. The molecule has 0 spiro atoms. The van der Waals surface area contributed by atoms with Crippen LogP contribution >= 0.6 is 0 Å². The van der Waals surface area contributed by atoms with E-state index in [9.17, 15) is 0 Å². The Morgan fingerprint density at radius 1 is 1.27 bits per heavy atom. The van der Waals surface area contributed by atoms with Crippen LogP contribution in [0.5, 0.6) is 0 Å². The summed E-state index contributed by atoms with van der Waals surface area (Å²) in [6, 6.07) is 9.04. The van der Waals surface area contributed by atoms with E-state index in [4.69, 9.17) is 4.74 Å². The molecule has 15 heavy (non-hydrogen) atoms. The molecule has 0 aliphatic carbocycles. The number of hydrogen-bond donors (Lipinski definition) is 1. The Morgan fingerprint density at radius 3 is 2.33 bits per heavy atom. The number of methoxy groups -OCH3 is 1. The molecule has 84 valence electrons. The Balaban J connectivity index is 2.62. The lowest BCUT2D eigenvalue weighted by Gasteiger charge is -2.22. The Kier molecular flexibility index (Phi) is 4.79. The van der Waals surface area contributed by atoms with E-state index >= 15 is 0 Å². The largest absolute Gasteiger partial charge is 0.380 e. The van der Waals surface area contributed by atoms with Crippen LogP contribution in [0.15, 0.2) is 24.3 Å². The predicted octanol–water partition coefficient (Wildman–Crippen LogP) is 2.16. The van der Waals surface area contributed by atoms with Gasteiger partial charge < -0.3 is 10.1 Å². The lowest BCUT2D eigenvalue weighted by atomic mass is 10.0.